The Morgan fingerprint density at radius 2 is 2.16 bits per heavy atom. The van der Waals surface area contributed by atoms with Gasteiger partial charge >= 0.3 is 0 Å². The molecule has 2 rings (SSSR count). The summed E-state index contributed by atoms with van der Waals surface area (Å²) in [7, 11) is 0. The number of hydrogen-bond donors (Lipinski definition) is 1. The minimum absolute atomic E-state index is 0.0382. The van der Waals surface area contributed by atoms with Crippen LogP contribution in [0, 0.1) is 0 Å². The Kier molecular flexibility index (Phi) is 5.60. The Balaban J connectivity index is 1.73. The molecule has 0 unspecified atom stereocenters. The van der Waals surface area contributed by atoms with Crippen molar-refractivity contribution >= 4 is 23.5 Å². The maximum atomic E-state index is 11.2. The standard InChI is InChI=1S/C13H20N4OS/c1-2-12(18)14-11-5-6-13(16-15-11)19-10-9-17-7-3-4-8-17/h5-6H,2-4,7-10H2,1H3,(H,14,15,18). The second-order valence-corrected chi connectivity index (χ2v) is 5.67. The Morgan fingerprint density at radius 1 is 1.37 bits per heavy atom. The molecule has 104 valence electrons. The third kappa shape index (κ3) is 4.80. The third-order valence-electron chi connectivity index (χ3n) is 3.08. The Hall–Kier alpha value is -1.14. The van der Waals surface area contributed by atoms with E-state index in [4.69, 9.17) is 0 Å². The third-order valence-corrected chi connectivity index (χ3v) is 3.99. The van der Waals surface area contributed by atoms with Gasteiger partial charge in [0.25, 0.3) is 0 Å². The average molecular weight is 280 g/mol. The first-order valence-electron chi connectivity index (χ1n) is 6.76. The quantitative estimate of drug-likeness (QED) is 0.808. The van der Waals surface area contributed by atoms with Gasteiger partial charge in [0.2, 0.25) is 5.91 Å². The van der Waals surface area contributed by atoms with Crippen molar-refractivity contribution < 1.29 is 4.79 Å². The van der Waals surface area contributed by atoms with Crippen molar-refractivity contribution in [3.05, 3.63) is 12.1 Å². The van der Waals surface area contributed by atoms with Gasteiger partial charge in [-0.05, 0) is 38.1 Å². The molecule has 0 atom stereocenters. The fraction of sp³-hybridized carbons (Fsp3) is 0.615. The summed E-state index contributed by atoms with van der Waals surface area (Å²) in [6.07, 6.45) is 3.11. The Labute approximate surface area is 118 Å². The van der Waals surface area contributed by atoms with Gasteiger partial charge in [-0.25, -0.2) is 0 Å². The van der Waals surface area contributed by atoms with E-state index in [0.717, 1.165) is 17.3 Å². The van der Waals surface area contributed by atoms with E-state index in [9.17, 15) is 4.79 Å². The van der Waals surface area contributed by atoms with Crippen LogP contribution in [0.25, 0.3) is 0 Å². The van der Waals surface area contributed by atoms with Crippen molar-refractivity contribution in [2.24, 2.45) is 0 Å². The van der Waals surface area contributed by atoms with E-state index in [1.54, 1.807) is 17.8 Å². The number of rotatable bonds is 6. The highest BCUT2D eigenvalue weighted by Gasteiger charge is 2.10. The molecule has 0 aromatic carbocycles. The maximum absolute atomic E-state index is 11.2. The summed E-state index contributed by atoms with van der Waals surface area (Å²) >= 11 is 1.71. The van der Waals surface area contributed by atoms with E-state index in [-0.39, 0.29) is 5.91 Å². The molecule has 1 aliphatic rings. The molecule has 1 aromatic rings. The summed E-state index contributed by atoms with van der Waals surface area (Å²) in [5.74, 6) is 1.52. The predicted molar refractivity (Wildman–Crippen MR) is 77.4 cm³/mol. The Morgan fingerprint density at radius 3 is 2.79 bits per heavy atom. The first-order valence-corrected chi connectivity index (χ1v) is 7.75. The van der Waals surface area contributed by atoms with E-state index in [0.29, 0.717) is 12.2 Å². The molecule has 0 radical (unpaired) electrons. The molecular weight excluding hydrogens is 260 g/mol. The van der Waals surface area contributed by atoms with Crippen LogP contribution in [0.2, 0.25) is 0 Å². The molecule has 1 fully saturated rings. The lowest BCUT2D eigenvalue weighted by Gasteiger charge is -2.13. The van der Waals surface area contributed by atoms with Crippen molar-refractivity contribution in [3.63, 3.8) is 0 Å². The number of likely N-dealkylation sites (tertiary alicyclic amines) is 1. The zero-order valence-electron chi connectivity index (χ0n) is 11.3. The monoisotopic (exact) mass is 280 g/mol. The van der Waals surface area contributed by atoms with E-state index in [1.807, 2.05) is 13.0 Å². The molecule has 0 bridgehead atoms. The highest BCUT2D eigenvalue weighted by atomic mass is 32.2. The number of amides is 1. The van der Waals surface area contributed by atoms with E-state index < -0.39 is 0 Å². The van der Waals surface area contributed by atoms with Crippen molar-refractivity contribution in [2.75, 3.05) is 30.7 Å². The average Bonchev–Trinajstić information content (AvgIpc) is 2.94. The van der Waals surface area contributed by atoms with Crippen LogP contribution in [-0.2, 0) is 4.79 Å². The Bertz CT molecular complexity index is 404. The summed E-state index contributed by atoms with van der Waals surface area (Å²) in [6, 6.07) is 3.71. The highest BCUT2D eigenvalue weighted by Crippen LogP contribution is 2.16. The first kappa shape index (κ1) is 14.3. The number of carbonyl (C=O) groups excluding carboxylic acids is 1. The molecule has 2 heterocycles. The maximum Gasteiger partial charge on any atom is 0.225 e. The number of aromatic nitrogens is 2. The molecule has 1 aliphatic heterocycles. The fourth-order valence-electron chi connectivity index (χ4n) is 1.98. The van der Waals surface area contributed by atoms with Crippen molar-refractivity contribution in [1.29, 1.82) is 0 Å². The summed E-state index contributed by atoms with van der Waals surface area (Å²) < 4.78 is 0. The summed E-state index contributed by atoms with van der Waals surface area (Å²) in [6.45, 7) is 5.38. The molecular formula is C13H20N4OS. The van der Waals surface area contributed by atoms with Crippen LogP contribution >= 0.6 is 11.8 Å². The molecule has 1 amide bonds. The number of nitrogens with zero attached hydrogens (tertiary/aromatic N) is 3. The SMILES string of the molecule is CCC(=O)Nc1ccc(SCCN2CCCC2)nn1. The predicted octanol–water partition coefficient (Wildman–Crippen LogP) is 2.01. The lowest BCUT2D eigenvalue weighted by molar-refractivity contribution is -0.115. The molecule has 19 heavy (non-hydrogen) atoms. The minimum atomic E-state index is -0.0382. The number of anilines is 1. The summed E-state index contributed by atoms with van der Waals surface area (Å²) in [5, 5.41) is 11.7. The smallest absolute Gasteiger partial charge is 0.225 e. The van der Waals surface area contributed by atoms with Crippen LogP contribution in [0.4, 0.5) is 5.82 Å². The molecule has 0 spiro atoms. The van der Waals surface area contributed by atoms with Gasteiger partial charge in [0.05, 0.1) is 0 Å². The highest BCUT2D eigenvalue weighted by molar-refractivity contribution is 7.99. The lowest BCUT2D eigenvalue weighted by atomic mass is 10.4. The number of thioether (sulfide) groups is 1. The van der Waals surface area contributed by atoms with Crippen LogP contribution in [0.3, 0.4) is 0 Å². The van der Waals surface area contributed by atoms with E-state index in [2.05, 4.69) is 20.4 Å². The molecule has 1 aromatic heterocycles. The van der Waals surface area contributed by atoms with Gasteiger partial charge in [-0.15, -0.1) is 22.0 Å². The molecule has 1 N–H and O–H groups in total. The second-order valence-electron chi connectivity index (χ2n) is 4.56. The van der Waals surface area contributed by atoms with Crippen molar-refractivity contribution in [2.45, 2.75) is 31.2 Å². The van der Waals surface area contributed by atoms with Gasteiger partial charge in [-0.2, -0.15) is 0 Å². The van der Waals surface area contributed by atoms with Gasteiger partial charge < -0.3 is 10.2 Å². The van der Waals surface area contributed by atoms with Gasteiger partial charge in [0, 0.05) is 18.7 Å². The zero-order chi connectivity index (χ0) is 13.5. The van der Waals surface area contributed by atoms with Gasteiger partial charge in [-0.3, -0.25) is 4.79 Å². The largest absolute Gasteiger partial charge is 0.309 e. The minimum Gasteiger partial charge on any atom is -0.309 e. The van der Waals surface area contributed by atoms with E-state index in [1.165, 1.54) is 25.9 Å². The van der Waals surface area contributed by atoms with Crippen LogP contribution in [-0.4, -0.2) is 46.4 Å². The number of nitrogens with one attached hydrogen (secondary N) is 1. The summed E-state index contributed by atoms with van der Waals surface area (Å²) in [5.41, 5.74) is 0. The molecule has 0 saturated carbocycles. The first-order chi connectivity index (χ1) is 9.28. The van der Waals surface area contributed by atoms with Crippen molar-refractivity contribution in [1.82, 2.24) is 15.1 Å². The van der Waals surface area contributed by atoms with Gasteiger partial charge in [-0.1, -0.05) is 6.92 Å². The zero-order valence-corrected chi connectivity index (χ0v) is 12.1. The second kappa shape index (κ2) is 7.45. The summed E-state index contributed by atoms with van der Waals surface area (Å²) in [4.78, 5) is 13.7. The van der Waals surface area contributed by atoms with Crippen LogP contribution in [0.5, 0.6) is 0 Å². The van der Waals surface area contributed by atoms with Crippen molar-refractivity contribution in [3.8, 4) is 0 Å². The molecule has 5 nitrogen and oxygen atoms in total. The lowest BCUT2D eigenvalue weighted by Crippen LogP contribution is -2.21. The van der Waals surface area contributed by atoms with Gasteiger partial charge in [0.1, 0.15) is 5.03 Å². The van der Waals surface area contributed by atoms with Crippen LogP contribution < -0.4 is 5.32 Å². The van der Waals surface area contributed by atoms with Crippen LogP contribution in [0.1, 0.15) is 26.2 Å². The topological polar surface area (TPSA) is 58.1 Å². The van der Waals surface area contributed by atoms with E-state index >= 15 is 0 Å². The number of carbonyl (C=O) groups is 1. The molecule has 6 heteroatoms. The number of hydrogen-bond acceptors (Lipinski definition) is 5. The van der Waals surface area contributed by atoms with Gasteiger partial charge in [0.15, 0.2) is 5.82 Å². The fourth-order valence-corrected chi connectivity index (χ4v) is 2.80. The normalized spacial score (nSPS) is 15.6. The van der Waals surface area contributed by atoms with Crippen LogP contribution in [0.15, 0.2) is 17.2 Å². The molecule has 0 aliphatic carbocycles. The molecule has 1 saturated heterocycles.